The number of carbonyl (C=O) groups excluding carboxylic acids is 2. The van der Waals surface area contributed by atoms with Crippen molar-refractivity contribution in [3.05, 3.63) is 0 Å². The summed E-state index contributed by atoms with van der Waals surface area (Å²) in [5, 5.41) is 3.37. The molecule has 0 aromatic rings. The molecule has 2 atom stereocenters. The highest BCUT2D eigenvalue weighted by atomic mass is 16.2. The third-order valence-electron chi connectivity index (χ3n) is 4.74. The Hall–Kier alpha value is -0.900. The van der Waals surface area contributed by atoms with Crippen molar-refractivity contribution in [3.8, 4) is 0 Å². The summed E-state index contributed by atoms with van der Waals surface area (Å²) < 4.78 is 0. The highest BCUT2D eigenvalue weighted by Gasteiger charge is 2.43. The molecule has 0 aromatic carbocycles. The van der Waals surface area contributed by atoms with Crippen LogP contribution < -0.4 is 5.32 Å². The van der Waals surface area contributed by atoms with Gasteiger partial charge in [-0.2, -0.15) is 0 Å². The van der Waals surface area contributed by atoms with E-state index in [2.05, 4.69) is 12.2 Å². The van der Waals surface area contributed by atoms with E-state index in [-0.39, 0.29) is 23.9 Å². The molecular formula is C15H24N2O2. The molecule has 2 unspecified atom stereocenters. The number of amides is 2. The average molecular weight is 264 g/mol. The van der Waals surface area contributed by atoms with Crippen LogP contribution in [0.25, 0.3) is 0 Å². The number of imide groups is 1. The number of nitrogens with one attached hydrogen (secondary N) is 1. The molecule has 1 heterocycles. The van der Waals surface area contributed by atoms with Gasteiger partial charge in [0, 0.05) is 12.1 Å². The average Bonchev–Trinajstić information content (AvgIpc) is 2.91. The first-order valence-corrected chi connectivity index (χ1v) is 7.77. The molecule has 3 rings (SSSR count). The Balaban J connectivity index is 1.57. The minimum Gasteiger partial charge on any atom is -0.303 e. The van der Waals surface area contributed by atoms with Gasteiger partial charge < -0.3 is 5.32 Å². The fourth-order valence-corrected chi connectivity index (χ4v) is 3.59. The molecule has 4 heteroatoms. The number of nitrogens with zero attached hydrogens (tertiary/aromatic N) is 1. The van der Waals surface area contributed by atoms with Gasteiger partial charge in [-0.05, 0) is 32.1 Å². The molecule has 1 saturated heterocycles. The van der Waals surface area contributed by atoms with Crippen LogP contribution in [0.5, 0.6) is 0 Å². The minimum atomic E-state index is -0.262. The second-order valence-corrected chi connectivity index (χ2v) is 6.54. The molecule has 3 aliphatic rings. The molecule has 2 amide bonds. The Bertz CT molecular complexity index is 372. The lowest BCUT2D eigenvalue weighted by molar-refractivity contribution is -0.141. The third-order valence-corrected chi connectivity index (χ3v) is 4.74. The number of likely N-dealkylation sites (tertiary alicyclic amines) is 1. The second-order valence-electron chi connectivity index (χ2n) is 6.54. The summed E-state index contributed by atoms with van der Waals surface area (Å²) in [4.78, 5) is 26.0. The van der Waals surface area contributed by atoms with Crippen LogP contribution in [-0.2, 0) is 9.59 Å². The van der Waals surface area contributed by atoms with Crippen molar-refractivity contribution in [1.29, 1.82) is 0 Å². The summed E-state index contributed by atoms with van der Waals surface area (Å²) in [6.07, 6.45) is 8.47. The Morgan fingerprint density at radius 3 is 2.53 bits per heavy atom. The van der Waals surface area contributed by atoms with E-state index in [0.29, 0.717) is 12.5 Å². The lowest BCUT2D eigenvalue weighted by atomic mass is 10.1. The van der Waals surface area contributed by atoms with Crippen LogP contribution in [0.15, 0.2) is 0 Å². The van der Waals surface area contributed by atoms with E-state index in [9.17, 15) is 9.59 Å². The Kier molecular flexibility index (Phi) is 3.61. The molecule has 2 aliphatic carbocycles. The molecule has 0 spiro atoms. The first-order valence-electron chi connectivity index (χ1n) is 7.77. The van der Waals surface area contributed by atoms with Gasteiger partial charge in [0.15, 0.2) is 0 Å². The van der Waals surface area contributed by atoms with Crippen molar-refractivity contribution < 1.29 is 9.59 Å². The topological polar surface area (TPSA) is 49.4 Å². The predicted octanol–water partition coefficient (Wildman–Crippen LogP) is 1.83. The first-order chi connectivity index (χ1) is 9.15. The fourth-order valence-electron chi connectivity index (χ4n) is 3.59. The van der Waals surface area contributed by atoms with E-state index < -0.39 is 0 Å². The van der Waals surface area contributed by atoms with E-state index in [4.69, 9.17) is 0 Å². The van der Waals surface area contributed by atoms with Crippen LogP contribution in [0.3, 0.4) is 0 Å². The predicted molar refractivity (Wildman–Crippen MR) is 72.5 cm³/mol. The highest BCUT2D eigenvalue weighted by molar-refractivity contribution is 6.05. The van der Waals surface area contributed by atoms with Gasteiger partial charge in [0.2, 0.25) is 11.8 Å². The summed E-state index contributed by atoms with van der Waals surface area (Å²) in [7, 11) is 0. The molecule has 3 fully saturated rings. The van der Waals surface area contributed by atoms with Crippen molar-refractivity contribution >= 4 is 11.8 Å². The summed E-state index contributed by atoms with van der Waals surface area (Å²) in [6.45, 7) is 2.13. The Labute approximate surface area is 114 Å². The van der Waals surface area contributed by atoms with Gasteiger partial charge in [-0.25, -0.2) is 0 Å². The van der Waals surface area contributed by atoms with Crippen LogP contribution in [0, 0.1) is 5.92 Å². The van der Waals surface area contributed by atoms with Gasteiger partial charge in [-0.3, -0.25) is 14.5 Å². The Morgan fingerprint density at radius 1 is 1.21 bits per heavy atom. The van der Waals surface area contributed by atoms with Crippen LogP contribution in [0.2, 0.25) is 0 Å². The second kappa shape index (κ2) is 5.23. The monoisotopic (exact) mass is 264 g/mol. The van der Waals surface area contributed by atoms with Crippen molar-refractivity contribution in [2.45, 2.75) is 76.4 Å². The SMILES string of the molecule is CC(CC1CC1)NC1CC(=O)N(C2CCCC2)C1=O. The molecule has 0 bridgehead atoms. The summed E-state index contributed by atoms with van der Waals surface area (Å²) >= 11 is 0. The van der Waals surface area contributed by atoms with Gasteiger partial charge >= 0.3 is 0 Å². The maximum atomic E-state index is 12.4. The van der Waals surface area contributed by atoms with Crippen molar-refractivity contribution in [1.82, 2.24) is 10.2 Å². The maximum absolute atomic E-state index is 12.4. The van der Waals surface area contributed by atoms with Gasteiger partial charge in [0.1, 0.15) is 0 Å². The van der Waals surface area contributed by atoms with Crippen molar-refractivity contribution in [3.63, 3.8) is 0 Å². The molecule has 4 nitrogen and oxygen atoms in total. The molecule has 0 aromatic heterocycles. The normalized spacial score (nSPS) is 30.4. The zero-order valence-electron chi connectivity index (χ0n) is 11.7. The van der Waals surface area contributed by atoms with Crippen molar-refractivity contribution in [2.24, 2.45) is 5.92 Å². The molecular weight excluding hydrogens is 240 g/mol. The summed E-state index contributed by atoms with van der Waals surface area (Å²) in [5.74, 6) is 0.910. The van der Waals surface area contributed by atoms with Crippen LogP contribution in [-0.4, -0.2) is 34.8 Å². The standard InChI is InChI=1S/C15H24N2O2/c1-10(8-11-6-7-11)16-13-9-14(18)17(15(13)19)12-4-2-3-5-12/h10-13,16H,2-9H2,1H3. The van der Waals surface area contributed by atoms with Gasteiger partial charge in [-0.1, -0.05) is 25.7 Å². The van der Waals surface area contributed by atoms with E-state index in [1.165, 1.54) is 12.8 Å². The molecule has 0 radical (unpaired) electrons. The largest absolute Gasteiger partial charge is 0.303 e. The first kappa shape index (κ1) is 13.1. The molecule has 2 saturated carbocycles. The molecule has 1 aliphatic heterocycles. The zero-order valence-corrected chi connectivity index (χ0v) is 11.7. The zero-order chi connectivity index (χ0) is 13.4. The molecule has 106 valence electrons. The number of rotatable bonds is 5. The summed E-state index contributed by atoms with van der Waals surface area (Å²) in [6, 6.07) is 0.269. The lowest BCUT2D eigenvalue weighted by Crippen LogP contribution is -2.45. The van der Waals surface area contributed by atoms with Gasteiger partial charge in [0.25, 0.3) is 0 Å². The number of hydrogen-bond donors (Lipinski definition) is 1. The Morgan fingerprint density at radius 2 is 1.89 bits per heavy atom. The maximum Gasteiger partial charge on any atom is 0.247 e. The van der Waals surface area contributed by atoms with Crippen LogP contribution in [0.4, 0.5) is 0 Å². The number of hydrogen-bond acceptors (Lipinski definition) is 3. The highest BCUT2D eigenvalue weighted by Crippen LogP contribution is 2.34. The van der Waals surface area contributed by atoms with Crippen LogP contribution in [0.1, 0.15) is 58.3 Å². The van der Waals surface area contributed by atoms with Gasteiger partial charge in [-0.15, -0.1) is 0 Å². The third kappa shape index (κ3) is 2.83. The smallest absolute Gasteiger partial charge is 0.247 e. The van der Waals surface area contributed by atoms with Crippen molar-refractivity contribution in [2.75, 3.05) is 0 Å². The number of carbonyl (C=O) groups is 2. The molecule has 19 heavy (non-hydrogen) atoms. The fraction of sp³-hybridized carbons (Fsp3) is 0.867. The van der Waals surface area contributed by atoms with Gasteiger partial charge in [0.05, 0.1) is 12.5 Å². The van der Waals surface area contributed by atoms with E-state index >= 15 is 0 Å². The quantitative estimate of drug-likeness (QED) is 0.771. The van der Waals surface area contributed by atoms with E-state index in [1.54, 1.807) is 4.90 Å². The van der Waals surface area contributed by atoms with Crippen LogP contribution >= 0.6 is 0 Å². The van der Waals surface area contributed by atoms with E-state index in [0.717, 1.165) is 38.0 Å². The van der Waals surface area contributed by atoms with E-state index in [1.807, 2.05) is 0 Å². The molecule has 1 N–H and O–H groups in total. The summed E-state index contributed by atoms with van der Waals surface area (Å²) in [5.41, 5.74) is 0. The minimum absolute atomic E-state index is 0.0274. The lowest BCUT2D eigenvalue weighted by Gasteiger charge is -2.23.